The van der Waals surface area contributed by atoms with Gasteiger partial charge in [-0.15, -0.1) is 11.3 Å². The van der Waals surface area contributed by atoms with Gasteiger partial charge >= 0.3 is 6.09 Å². The van der Waals surface area contributed by atoms with Gasteiger partial charge in [-0.3, -0.25) is 4.90 Å². The number of anilines is 2. The zero-order valence-electron chi connectivity index (χ0n) is 17.4. The second-order valence-corrected chi connectivity index (χ2v) is 8.77. The van der Waals surface area contributed by atoms with Crippen LogP contribution in [0.3, 0.4) is 0 Å². The third-order valence-electron chi connectivity index (χ3n) is 5.21. The summed E-state index contributed by atoms with van der Waals surface area (Å²) in [6.07, 6.45) is 3.08. The lowest BCUT2D eigenvalue weighted by Gasteiger charge is -2.25. The molecule has 2 aromatic heterocycles. The Bertz CT molecular complexity index is 1060. The molecule has 1 aliphatic rings. The van der Waals surface area contributed by atoms with Crippen molar-refractivity contribution in [1.29, 1.82) is 0 Å². The van der Waals surface area contributed by atoms with Crippen molar-refractivity contribution in [3.05, 3.63) is 52.6 Å². The number of carbonyl (C=O) groups is 1. The first-order valence-electron chi connectivity index (χ1n) is 9.90. The van der Waals surface area contributed by atoms with Gasteiger partial charge in [0.2, 0.25) is 5.95 Å². The molecule has 1 aliphatic heterocycles. The number of hydrogen-bond acceptors (Lipinski definition) is 8. The smallest absolute Gasteiger partial charge is 0.416 e. The zero-order chi connectivity index (χ0) is 22.0. The molecule has 10 heteroatoms. The van der Waals surface area contributed by atoms with Gasteiger partial charge in [0.15, 0.2) is 0 Å². The van der Waals surface area contributed by atoms with Gasteiger partial charge in [-0.2, -0.15) is 4.98 Å². The molecule has 1 fully saturated rings. The molecule has 0 saturated carbocycles. The Hall–Kier alpha value is -2.75. The minimum Gasteiger partial charge on any atom is -0.447 e. The van der Waals surface area contributed by atoms with Crippen molar-refractivity contribution < 1.29 is 9.53 Å². The number of nitrogens with zero attached hydrogens (tertiary/aromatic N) is 4. The van der Waals surface area contributed by atoms with E-state index in [-0.39, 0.29) is 18.1 Å². The third-order valence-corrected chi connectivity index (χ3v) is 6.69. The van der Waals surface area contributed by atoms with Gasteiger partial charge in [0, 0.05) is 33.9 Å². The number of carbonyl (C=O) groups excluding carboxylic acids is 1. The van der Waals surface area contributed by atoms with Crippen LogP contribution in [-0.4, -0.2) is 46.8 Å². The predicted octanol–water partition coefficient (Wildman–Crippen LogP) is 4.36. The number of ether oxygens (including phenoxy) is 1. The minimum absolute atomic E-state index is 0.0558. The van der Waals surface area contributed by atoms with E-state index >= 15 is 0 Å². The molecule has 1 amide bonds. The fraction of sp³-hybridized carbons (Fsp3) is 0.333. The number of amides is 1. The van der Waals surface area contributed by atoms with Crippen molar-refractivity contribution >= 4 is 40.8 Å². The Balaban J connectivity index is 1.50. The summed E-state index contributed by atoms with van der Waals surface area (Å²) >= 11 is 7.56. The van der Waals surface area contributed by atoms with E-state index < -0.39 is 6.09 Å². The lowest BCUT2D eigenvalue weighted by atomic mass is 10.1. The minimum atomic E-state index is -0.403. The van der Waals surface area contributed by atoms with Crippen LogP contribution in [0.4, 0.5) is 16.6 Å². The first-order chi connectivity index (χ1) is 15.0. The number of cyclic esters (lactones) is 1. The van der Waals surface area contributed by atoms with Crippen molar-refractivity contribution in [3.63, 3.8) is 0 Å². The molecule has 0 bridgehead atoms. The number of hydrogen-bond donors (Lipinski definition) is 2. The maximum Gasteiger partial charge on any atom is 0.416 e. The predicted molar refractivity (Wildman–Crippen MR) is 123 cm³/mol. The molecule has 31 heavy (non-hydrogen) atoms. The summed E-state index contributed by atoms with van der Waals surface area (Å²) in [5.74, 6) is 0.937. The molecule has 0 radical (unpaired) electrons. The lowest BCUT2D eigenvalue weighted by Crippen LogP contribution is -2.47. The molecule has 1 saturated heterocycles. The van der Waals surface area contributed by atoms with Crippen LogP contribution < -0.4 is 15.5 Å². The topological polar surface area (TPSA) is 92.3 Å². The summed E-state index contributed by atoms with van der Waals surface area (Å²) in [6.45, 7) is 4.34. The van der Waals surface area contributed by atoms with E-state index in [1.165, 1.54) is 0 Å². The molecular weight excluding hydrogens is 436 g/mol. The van der Waals surface area contributed by atoms with Gasteiger partial charge in [0.25, 0.3) is 0 Å². The lowest BCUT2D eigenvalue weighted by molar-refractivity contribution is 0.177. The number of halogens is 1. The van der Waals surface area contributed by atoms with E-state index in [2.05, 4.69) is 25.6 Å². The van der Waals surface area contributed by atoms with Crippen molar-refractivity contribution in [2.45, 2.75) is 32.0 Å². The maximum atomic E-state index is 12.3. The summed E-state index contributed by atoms with van der Waals surface area (Å²) in [7, 11) is 1.85. The summed E-state index contributed by atoms with van der Waals surface area (Å²) in [4.78, 5) is 28.3. The van der Waals surface area contributed by atoms with Crippen molar-refractivity contribution in [2.24, 2.45) is 0 Å². The number of aromatic nitrogens is 3. The van der Waals surface area contributed by atoms with Gasteiger partial charge < -0.3 is 15.4 Å². The van der Waals surface area contributed by atoms with Crippen LogP contribution in [0.25, 0.3) is 10.6 Å². The Kier molecular flexibility index (Phi) is 6.35. The summed E-state index contributed by atoms with van der Waals surface area (Å²) in [5, 5.41) is 8.08. The molecule has 162 valence electrons. The molecule has 1 aromatic carbocycles. The Morgan fingerprint density at radius 1 is 1.23 bits per heavy atom. The number of likely N-dealkylation sites (N-methyl/N-ethyl adjacent to an activating group) is 1. The molecular formula is C21H23ClN6O2S. The monoisotopic (exact) mass is 458 g/mol. The van der Waals surface area contributed by atoms with Gasteiger partial charge in [-0.25, -0.2) is 14.8 Å². The molecule has 2 N–H and O–H groups in total. The second-order valence-electron chi connectivity index (χ2n) is 7.27. The molecule has 8 nitrogen and oxygen atoms in total. The van der Waals surface area contributed by atoms with Crippen LogP contribution in [-0.2, 0) is 4.74 Å². The molecule has 0 spiro atoms. The van der Waals surface area contributed by atoms with E-state index in [1.807, 2.05) is 51.4 Å². The average Bonchev–Trinajstić information content (AvgIpc) is 3.41. The first kappa shape index (κ1) is 21.5. The normalized spacial score (nSPS) is 18.0. The standard InChI is InChI=1S/C21H23ClN6O2S/c1-12(23-3)16-11-30-21(29)28(16)18-8-9-24-20(27-18)26-13(2)17-10-25-19(31-17)14-4-6-15(22)7-5-14/h4-10,12-13,16,23H,11H2,1-3H3,(H,24,26,27)/t12-,13+,16-/m1/s1. The largest absolute Gasteiger partial charge is 0.447 e. The van der Waals surface area contributed by atoms with E-state index in [4.69, 9.17) is 16.3 Å². The molecule has 0 unspecified atom stereocenters. The van der Waals surface area contributed by atoms with E-state index in [0.29, 0.717) is 23.4 Å². The van der Waals surface area contributed by atoms with Crippen LogP contribution >= 0.6 is 22.9 Å². The molecule has 4 rings (SSSR count). The Morgan fingerprint density at radius 3 is 2.74 bits per heavy atom. The fourth-order valence-electron chi connectivity index (χ4n) is 3.29. The van der Waals surface area contributed by atoms with E-state index in [1.54, 1.807) is 28.5 Å². The van der Waals surface area contributed by atoms with Gasteiger partial charge in [-0.05, 0) is 39.1 Å². The van der Waals surface area contributed by atoms with E-state index in [9.17, 15) is 4.79 Å². The molecule has 3 aromatic rings. The molecule has 3 atom stereocenters. The summed E-state index contributed by atoms with van der Waals surface area (Å²) < 4.78 is 5.25. The molecule has 0 aliphatic carbocycles. The maximum absolute atomic E-state index is 12.3. The highest BCUT2D eigenvalue weighted by Gasteiger charge is 2.38. The van der Waals surface area contributed by atoms with Gasteiger partial charge in [0.05, 0.1) is 12.1 Å². The van der Waals surface area contributed by atoms with Crippen molar-refractivity contribution in [2.75, 3.05) is 23.9 Å². The summed E-state index contributed by atoms with van der Waals surface area (Å²) in [6, 6.07) is 9.17. The number of nitrogens with one attached hydrogen (secondary N) is 2. The van der Waals surface area contributed by atoms with Gasteiger partial charge in [0.1, 0.15) is 17.4 Å². The Labute approximate surface area is 189 Å². The van der Waals surface area contributed by atoms with Crippen LogP contribution in [0.1, 0.15) is 24.8 Å². The summed E-state index contributed by atoms with van der Waals surface area (Å²) in [5.41, 5.74) is 1.02. The van der Waals surface area contributed by atoms with Crippen molar-refractivity contribution in [3.8, 4) is 10.6 Å². The van der Waals surface area contributed by atoms with Crippen LogP contribution in [0, 0.1) is 0 Å². The highest BCUT2D eigenvalue weighted by molar-refractivity contribution is 7.15. The van der Waals surface area contributed by atoms with E-state index in [0.717, 1.165) is 15.4 Å². The van der Waals surface area contributed by atoms with Crippen LogP contribution in [0.5, 0.6) is 0 Å². The number of rotatable bonds is 7. The molecule has 3 heterocycles. The van der Waals surface area contributed by atoms with Crippen molar-refractivity contribution in [1.82, 2.24) is 20.3 Å². The second kappa shape index (κ2) is 9.17. The first-order valence-corrected chi connectivity index (χ1v) is 11.1. The average molecular weight is 459 g/mol. The number of benzene rings is 1. The fourth-order valence-corrected chi connectivity index (χ4v) is 4.34. The highest BCUT2D eigenvalue weighted by atomic mass is 35.5. The third kappa shape index (κ3) is 4.63. The zero-order valence-corrected chi connectivity index (χ0v) is 18.9. The number of thiazole rings is 1. The highest BCUT2D eigenvalue weighted by Crippen LogP contribution is 2.31. The van der Waals surface area contributed by atoms with Gasteiger partial charge in [-0.1, -0.05) is 23.7 Å². The van der Waals surface area contributed by atoms with Crippen LogP contribution in [0.2, 0.25) is 5.02 Å². The Morgan fingerprint density at radius 2 is 2.00 bits per heavy atom. The van der Waals surface area contributed by atoms with Crippen LogP contribution in [0.15, 0.2) is 42.7 Å². The SMILES string of the molecule is CN[C@H](C)[C@H]1COC(=O)N1c1ccnc(N[C@@H](C)c2cnc(-c3ccc(Cl)cc3)s2)n1. The quantitative estimate of drug-likeness (QED) is 0.543.